The molecule has 0 saturated heterocycles. The van der Waals surface area contributed by atoms with Gasteiger partial charge in [0.05, 0.1) is 11.9 Å². The summed E-state index contributed by atoms with van der Waals surface area (Å²) in [6.07, 6.45) is 0.262. The number of ketones is 1. The first kappa shape index (κ1) is 11.7. The van der Waals surface area contributed by atoms with E-state index in [1.165, 1.54) is 0 Å². The minimum absolute atomic E-state index is 0.0455. The molecule has 94 valence electrons. The maximum atomic E-state index is 12.0. The van der Waals surface area contributed by atoms with Crippen LogP contribution in [0.1, 0.15) is 22.0 Å². The lowest BCUT2D eigenvalue weighted by atomic mass is 10.1. The third-order valence-electron chi connectivity index (χ3n) is 3.01. The van der Waals surface area contributed by atoms with Crippen LogP contribution in [0.25, 0.3) is 10.9 Å². The second-order valence-electron chi connectivity index (χ2n) is 4.51. The SMILES string of the molecule is Cc1ccc(C(=O)Cc2ccc3ccccc3n2)o1. The van der Waals surface area contributed by atoms with Crippen LogP contribution >= 0.6 is 0 Å². The van der Waals surface area contributed by atoms with Crippen LogP contribution in [0.3, 0.4) is 0 Å². The maximum Gasteiger partial charge on any atom is 0.203 e. The second-order valence-corrected chi connectivity index (χ2v) is 4.51. The Bertz CT molecular complexity index is 743. The highest BCUT2D eigenvalue weighted by molar-refractivity contribution is 5.95. The van der Waals surface area contributed by atoms with E-state index in [4.69, 9.17) is 4.42 Å². The molecule has 0 saturated carbocycles. The average molecular weight is 251 g/mol. The van der Waals surface area contributed by atoms with Crippen molar-refractivity contribution >= 4 is 16.7 Å². The van der Waals surface area contributed by atoms with Crippen LogP contribution in [0.2, 0.25) is 0 Å². The molecule has 0 bridgehead atoms. The number of carbonyl (C=O) groups excluding carboxylic acids is 1. The van der Waals surface area contributed by atoms with Crippen LogP contribution in [0.4, 0.5) is 0 Å². The number of furan rings is 1. The number of aromatic nitrogens is 1. The number of benzene rings is 1. The molecule has 0 atom stereocenters. The zero-order chi connectivity index (χ0) is 13.2. The third-order valence-corrected chi connectivity index (χ3v) is 3.01. The molecule has 0 fully saturated rings. The van der Waals surface area contributed by atoms with E-state index < -0.39 is 0 Å². The number of rotatable bonds is 3. The van der Waals surface area contributed by atoms with Gasteiger partial charge in [-0.1, -0.05) is 24.3 Å². The van der Waals surface area contributed by atoms with E-state index in [2.05, 4.69) is 4.98 Å². The fourth-order valence-corrected chi connectivity index (χ4v) is 2.04. The summed E-state index contributed by atoms with van der Waals surface area (Å²) in [4.78, 5) is 16.5. The minimum Gasteiger partial charge on any atom is -0.458 e. The van der Waals surface area contributed by atoms with Gasteiger partial charge in [-0.2, -0.15) is 0 Å². The van der Waals surface area contributed by atoms with Crippen LogP contribution < -0.4 is 0 Å². The van der Waals surface area contributed by atoms with Gasteiger partial charge in [0.25, 0.3) is 0 Å². The Labute approximate surface area is 110 Å². The van der Waals surface area contributed by atoms with Crippen LogP contribution in [-0.2, 0) is 6.42 Å². The number of fused-ring (bicyclic) bond motifs is 1. The zero-order valence-corrected chi connectivity index (χ0v) is 10.6. The van der Waals surface area contributed by atoms with Crippen molar-refractivity contribution in [1.82, 2.24) is 4.98 Å². The summed E-state index contributed by atoms with van der Waals surface area (Å²) in [5.41, 5.74) is 1.67. The van der Waals surface area contributed by atoms with Gasteiger partial charge >= 0.3 is 0 Å². The van der Waals surface area contributed by atoms with Gasteiger partial charge in [0.1, 0.15) is 5.76 Å². The molecule has 0 unspecified atom stereocenters. The van der Waals surface area contributed by atoms with Gasteiger partial charge in [0.15, 0.2) is 5.76 Å². The Hall–Kier alpha value is -2.42. The van der Waals surface area contributed by atoms with Crippen LogP contribution in [-0.4, -0.2) is 10.8 Å². The smallest absolute Gasteiger partial charge is 0.203 e. The summed E-state index contributed by atoms with van der Waals surface area (Å²) in [5.74, 6) is 1.10. The molecule has 3 aromatic rings. The van der Waals surface area contributed by atoms with E-state index in [1.54, 1.807) is 12.1 Å². The lowest BCUT2D eigenvalue weighted by Gasteiger charge is -2.01. The Morgan fingerprint density at radius 1 is 1.11 bits per heavy atom. The Balaban J connectivity index is 1.87. The molecule has 3 nitrogen and oxygen atoms in total. The van der Waals surface area contributed by atoms with Crippen molar-refractivity contribution in [2.24, 2.45) is 0 Å². The van der Waals surface area contributed by atoms with Crippen molar-refractivity contribution in [2.75, 3.05) is 0 Å². The summed E-state index contributed by atoms with van der Waals surface area (Å²) in [7, 11) is 0. The van der Waals surface area contributed by atoms with Crippen molar-refractivity contribution in [3.8, 4) is 0 Å². The second kappa shape index (κ2) is 4.69. The largest absolute Gasteiger partial charge is 0.458 e. The Kier molecular flexibility index (Phi) is 2.88. The van der Waals surface area contributed by atoms with E-state index in [1.807, 2.05) is 43.3 Å². The topological polar surface area (TPSA) is 43.1 Å². The number of para-hydroxylation sites is 1. The highest BCUT2D eigenvalue weighted by Crippen LogP contribution is 2.14. The molecule has 3 heteroatoms. The van der Waals surface area contributed by atoms with Gasteiger partial charge in [-0.15, -0.1) is 0 Å². The Morgan fingerprint density at radius 3 is 2.74 bits per heavy atom. The van der Waals surface area contributed by atoms with Gasteiger partial charge in [0.2, 0.25) is 5.78 Å². The molecule has 0 N–H and O–H groups in total. The van der Waals surface area contributed by atoms with Gasteiger partial charge in [-0.3, -0.25) is 9.78 Å². The quantitative estimate of drug-likeness (QED) is 0.668. The number of hydrogen-bond donors (Lipinski definition) is 0. The number of Topliss-reactive ketones (excluding diaryl/α,β-unsaturated/α-hetero) is 1. The van der Waals surface area contributed by atoms with Crippen molar-refractivity contribution < 1.29 is 9.21 Å². The summed E-state index contributed by atoms with van der Waals surface area (Å²) >= 11 is 0. The molecular weight excluding hydrogens is 238 g/mol. The fourth-order valence-electron chi connectivity index (χ4n) is 2.04. The van der Waals surface area contributed by atoms with E-state index in [0.29, 0.717) is 5.76 Å². The molecule has 0 aliphatic rings. The zero-order valence-electron chi connectivity index (χ0n) is 10.6. The van der Waals surface area contributed by atoms with E-state index >= 15 is 0 Å². The molecule has 2 heterocycles. The highest BCUT2D eigenvalue weighted by atomic mass is 16.3. The summed E-state index contributed by atoms with van der Waals surface area (Å²) < 4.78 is 5.33. The maximum absolute atomic E-state index is 12.0. The summed E-state index contributed by atoms with van der Waals surface area (Å²) in [5, 5.41) is 1.08. The highest BCUT2D eigenvalue weighted by Gasteiger charge is 2.12. The van der Waals surface area contributed by atoms with E-state index in [-0.39, 0.29) is 12.2 Å². The van der Waals surface area contributed by atoms with Gasteiger partial charge < -0.3 is 4.42 Å². The van der Waals surface area contributed by atoms with Crippen molar-refractivity contribution in [2.45, 2.75) is 13.3 Å². The predicted molar refractivity (Wildman–Crippen MR) is 73.2 cm³/mol. The molecule has 2 aromatic heterocycles. The molecule has 3 rings (SSSR count). The minimum atomic E-state index is -0.0455. The molecule has 19 heavy (non-hydrogen) atoms. The standard InChI is InChI=1S/C16H13NO2/c1-11-6-9-16(19-11)15(18)10-13-8-7-12-4-2-3-5-14(12)17-13/h2-9H,10H2,1H3. The molecule has 0 aliphatic carbocycles. The van der Waals surface area contributed by atoms with Gasteiger partial charge in [0, 0.05) is 11.1 Å². The van der Waals surface area contributed by atoms with Crippen molar-refractivity contribution in [1.29, 1.82) is 0 Å². The van der Waals surface area contributed by atoms with Crippen LogP contribution in [0, 0.1) is 6.92 Å². The molecule has 1 aromatic carbocycles. The van der Waals surface area contributed by atoms with E-state index in [0.717, 1.165) is 22.4 Å². The van der Waals surface area contributed by atoms with Crippen molar-refractivity contribution in [3.05, 3.63) is 65.7 Å². The number of aryl methyl sites for hydroxylation is 1. The van der Waals surface area contributed by atoms with Crippen LogP contribution in [0.15, 0.2) is 52.9 Å². The average Bonchev–Trinajstić information content (AvgIpc) is 2.85. The van der Waals surface area contributed by atoms with Gasteiger partial charge in [-0.05, 0) is 31.2 Å². The van der Waals surface area contributed by atoms with Crippen molar-refractivity contribution in [3.63, 3.8) is 0 Å². The molecule has 0 spiro atoms. The lowest BCUT2D eigenvalue weighted by molar-refractivity contribution is 0.0964. The lowest BCUT2D eigenvalue weighted by Crippen LogP contribution is -2.03. The summed E-state index contributed by atoms with van der Waals surface area (Å²) in [6, 6.07) is 15.2. The van der Waals surface area contributed by atoms with Crippen LogP contribution in [0.5, 0.6) is 0 Å². The summed E-state index contributed by atoms with van der Waals surface area (Å²) in [6.45, 7) is 1.82. The number of nitrogens with zero attached hydrogens (tertiary/aromatic N) is 1. The van der Waals surface area contributed by atoms with Gasteiger partial charge in [-0.25, -0.2) is 0 Å². The predicted octanol–water partition coefficient (Wildman–Crippen LogP) is 3.56. The normalized spacial score (nSPS) is 10.8. The molecule has 0 radical (unpaired) electrons. The first-order valence-electron chi connectivity index (χ1n) is 6.17. The first-order chi connectivity index (χ1) is 9.22. The van der Waals surface area contributed by atoms with E-state index in [9.17, 15) is 4.79 Å². The Morgan fingerprint density at radius 2 is 1.95 bits per heavy atom. The first-order valence-corrected chi connectivity index (χ1v) is 6.17. The number of carbonyl (C=O) groups is 1. The molecule has 0 aliphatic heterocycles. The molecule has 0 amide bonds. The number of pyridine rings is 1. The molecular formula is C16H13NO2. The number of hydrogen-bond acceptors (Lipinski definition) is 3. The fraction of sp³-hybridized carbons (Fsp3) is 0.125. The third kappa shape index (κ3) is 2.40. The monoisotopic (exact) mass is 251 g/mol.